The van der Waals surface area contributed by atoms with Crippen LogP contribution < -0.4 is 10.4 Å². The lowest BCUT2D eigenvalue weighted by Gasteiger charge is -2.11. The summed E-state index contributed by atoms with van der Waals surface area (Å²) in [7, 11) is 0. The Morgan fingerprint density at radius 3 is 3.05 bits per heavy atom. The van der Waals surface area contributed by atoms with Crippen molar-refractivity contribution in [2.75, 3.05) is 19.0 Å². The van der Waals surface area contributed by atoms with E-state index in [1.807, 2.05) is 30.3 Å². The van der Waals surface area contributed by atoms with Crippen molar-refractivity contribution in [1.29, 1.82) is 0 Å². The van der Waals surface area contributed by atoms with Crippen molar-refractivity contribution in [1.82, 2.24) is 14.8 Å². The van der Waals surface area contributed by atoms with E-state index in [-0.39, 0.29) is 11.8 Å². The summed E-state index contributed by atoms with van der Waals surface area (Å²) in [5, 5.41) is 7.28. The molecule has 0 amide bonds. The molecule has 0 aliphatic carbocycles. The van der Waals surface area contributed by atoms with Crippen molar-refractivity contribution in [2.24, 2.45) is 0 Å². The molecule has 0 radical (unpaired) electrons. The molecular formula is C15H19N3O3S. The van der Waals surface area contributed by atoms with Crippen molar-refractivity contribution in [3.8, 4) is 5.75 Å². The number of thioether (sulfide) groups is 1. The number of hydrogen-bond acceptors (Lipinski definition) is 5. The molecule has 7 heteroatoms. The van der Waals surface area contributed by atoms with Crippen LogP contribution in [0.3, 0.4) is 0 Å². The lowest BCUT2D eigenvalue weighted by Crippen LogP contribution is -2.25. The van der Waals surface area contributed by atoms with Gasteiger partial charge in [-0.05, 0) is 25.0 Å². The predicted molar refractivity (Wildman–Crippen MR) is 84.5 cm³/mol. The Bertz CT molecular complexity index is 635. The Hall–Kier alpha value is -1.73. The summed E-state index contributed by atoms with van der Waals surface area (Å²) in [6.07, 6.45) is 2.18. The fraction of sp³-hybridized carbons (Fsp3) is 0.467. The number of nitrogens with one attached hydrogen (secondary N) is 1. The average molecular weight is 321 g/mol. The topological polar surface area (TPSA) is 69.1 Å². The molecule has 1 aromatic heterocycles. The normalized spacial score (nSPS) is 17.7. The van der Waals surface area contributed by atoms with E-state index in [0.29, 0.717) is 18.3 Å². The van der Waals surface area contributed by atoms with Crippen LogP contribution >= 0.6 is 11.8 Å². The third kappa shape index (κ3) is 3.92. The van der Waals surface area contributed by atoms with Crippen molar-refractivity contribution >= 4 is 11.8 Å². The molecule has 6 nitrogen and oxygen atoms in total. The fourth-order valence-corrected chi connectivity index (χ4v) is 3.15. The first kappa shape index (κ1) is 15.2. The quantitative estimate of drug-likeness (QED) is 0.623. The Morgan fingerprint density at radius 2 is 2.27 bits per heavy atom. The summed E-state index contributed by atoms with van der Waals surface area (Å²) in [4.78, 5) is 11.8. The van der Waals surface area contributed by atoms with E-state index in [2.05, 4.69) is 10.2 Å². The molecule has 2 heterocycles. The van der Waals surface area contributed by atoms with Gasteiger partial charge in [0.05, 0.1) is 19.3 Å². The summed E-state index contributed by atoms with van der Waals surface area (Å²) >= 11 is 1.51. The van der Waals surface area contributed by atoms with E-state index >= 15 is 0 Å². The van der Waals surface area contributed by atoms with Crippen LogP contribution in [0.25, 0.3) is 0 Å². The van der Waals surface area contributed by atoms with Gasteiger partial charge in [-0.1, -0.05) is 30.0 Å². The van der Waals surface area contributed by atoms with E-state index in [4.69, 9.17) is 9.47 Å². The van der Waals surface area contributed by atoms with Crippen molar-refractivity contribution in [3.05, 3.63) is 40.8 Å². The van der Waals surface area contributed by atoms with Crippen molar-refractivity contribution < 1.29 is 9.47 Å². The Labute approximate surface area is 132 Å². The molecular weight excluding hydrogens is 302 g/mol. The highest BCUT2D eigenvalue weighted by Crippen LogP contribution is 2.18. The van der Waals surface area contributed by atoms with Crippen LogP contribution in [0.4, 0.5) is 0 Å². The average Bonchev–Trinajstić information content (AvgIpc) is 3.17. The van der Waals surface area contributed by atoms with Gasteiger partial charge in [-0.3, -0.25) is 4.57 Å². The maximum Gasteiger partial charge on any atom is 0.344 e. The SMILES string of the molecule is O=c1[nH]nc(SCCOc2ccccc2)n1CC1CCCO1. The molecule has 0 bridgehead atoms. The van der Waals surface area contributed by atoms with Gasteiger partial charge in [0, 0.05) is 12.4 Å². The smallest absolute Gasteiger partial charge is 0.344 e. The fourth-order valence-electron chi connectivity index (χ4n) is 2.38. The first-order valence-electron chi connectivity index (χ1n) is 7.40. The maximum absolute atomic E-state index is 11.8. The van der Waals surface area contributed by atoms with Crippen LogP contribution in [0.5, 0.6) is 5.75 Å². The molecule has 1 aliphatic heterocycles. The Morgan fingerprint density at radius 1 is 1.41 bits per heavy atom. The molecule has 1 unspecified atom stereocenters. The van der Waals surface area contributed by atoms with Crippen LogP contribution in [-0.2, 0) is 11.3 Å². The zero-order valence-corrected chi connectivity index (χ0v) is 13.1. The van der Waals surface area contributed by atoms with E-state index in [1.165, 1.54) is 11.8 Å². The number of benzene rings is 1. The first-order valence-corrected chi connectivity index (χ1v) is 8.39. The molecule has 1 saturated heterocycles. The number of ether oxygens (including phenoxy) is 2. The number of rotatable bonds is 7. The third-order valence-corrected chi connectivity index (χ3v) is 4.40. The number of aromatic amines is 1. The molecule has 1 fully saturated rings. The minimum absolute atomic E-state index is 0.121. The number of aromatic nitrogens is 3. The second-order valence-electron chi connectivity index (χ2n) is 5.07. The van der Waals surface area contributed by atoms with E-state index in [1.54, 1.807) is 4.57 Å². The van der Waals surface area contributed by atoms with Crippen LogP contribution in [-0.4, -0.2) is 39.8 Å². The van der Waals surface area contributed by atoms with Gasteiger partial charge in [-0.25, -0.2) is 9.89 Å². The lowest BCUT2D eigenvalue weighted by atomic mass is 10.2. The zero-order valence-electron chi connectivity index (χ0n) is 12.2. The number of H-pyrrole nitrogens is 1. The van der Waals surface area contributed by atoms with Gasteiger partial charge in [0.25, 0.3) is 0 Å². The van der Waals surface area contributed by atoms with Gasteiger partial charge in [0.1, 0.15) is 5.75 Å². The van der Waals surface area contributed by atoms with Crippen LogP contribution in [0.15, 0.2) is 40.3 Å². The highest BCUT2D eigenvalue weighted by Gasteiger charge is 2.19. The van der Waals surface area contributed by atoms with E-state index in [0.717, 1.165) is 31.0 Å². The van der Waals surface area contributed by atoms with Crippen LogP contribution in [0, 0.1) is 0 Å². The number of hydrogen-bond donors (Lipinski definition) is 1. The van der Waals surface area contributed by atoms with Gasteiger partial charge in [-0.2, -0.15) is 0 Å². The van der Waals surface area contributed by atoms with Crippen molar-refractivity contribution in [3.63, 3.8) is 0 Å². The minimum atomic E-state index is -0.179. The highest BCUT2D eigenvalue weighted by molar-refractivity contribution is 7.99. The number of para-hydroxylation sites is 1. The Kier molecular flexibility index (Phi) is 5.18. The molecule has 1 aromatic carbocycles. The first-order chi connectivity index (χ1) is 10.8. The molecule has 1 atom stereocenters. The van der Waals surface area contributed by atoms with E-state index < -0.39 is 0 Å². The van der Waals surface area contributed by atoms with E-state index in [9.17, 15) is 4.79 Å². The monoisotopic (exact) mass is 321 g/mol. The largest absolute Gasteiger partial charge is 0.493 e. The number of nitrogens with zero attached hydrogens (tertiary/aromatic N) is 2. The Balaban J connectivity index is 1.51. The molecule has 0 saturated carbocycles. The zero-order chi connectivity index (χ0) is 15.2. The summed E-state index contributed by atoms with van der Waals surface area (Å²) in [6, 6.07) is 9.68. The highest BCUT2D eigenvalue weighted by atomic mass is 32.2. The summed E-state index contributed by atoms with van der Waals surface area (Å²) in [5.74, 6) is 1.58. The van der Waals surface area contributed by atoms with Gasteiger partial charge < -0.3 is 9.47 Å². The minimum Gasteiger partial charge on any atom is -0.493 e. The molecule has 3 rings (SSSR count). The second kappa shape index (κ2) is 7.51. The molecule has 1 N–H and O–H groups in total. The standard InChI is InChI=1S/C15H19N3O3S/c19-14-16-17-15(18(14)11-13-7-4-8-20-13)22-10-9-21-12-5-2-1-3-6-12/h1-3,5-6,13H,4,7-11H2,(H,16,19). The summed E-state index contributed by atoms with van der Waals surface area (Å²) in [6.45, 7) is 1.91. The van der Waals surface area contributed by atoms with Crippen LogP contribution in [0.1, 0.15) is 12.8 Å². The molecule has 2 aromatic rings. The lowest BCUT2D eigenvalue weighted by molar-refractivity contribution is 0.0941. The molecule has 22 heavy (non-hydrogen) atoms. The third-order valence-electron chi connectivity index (χ3n) is 3.46. The maximum atomic E-state index is 11.8. The van der Waals surface area contributed by atoms with Gasteiger partial charge in [-0.15, -0.1) is 5.10 Å². The van der Waals surface area contributed by atoms with Crippen molar-refractivity contribution in [2.45, 2.75) is 30.6 Å². The van der Waals surface area contributed by atoms with Crippen LogP contribution in [0.2, 0.25) is 0 Å². The summed E-state index contributed by atoms with van der Waals surface area (Å²) < 4.78 is 12.9. The summed E-state index contributed by atoms with van der Waals surface area (Å²) in [5.41, 5.74) is -0.179. The molecule has 118 valence electrons. The second-order valence-corrected chi connectivity index (χ2v) is 6.13. The van der Waals surface area contributed by atoms with Gasteiger partial charge >= 0.3 is 5.69 Å². The van der Waals surface area contributed by atoms with Gasteiger partial charge in [0.2, 0.25) is 0 Å². The van der Waals surface area contributed by atoms with Gasteiger partial charge in [0.15, 0.2) is 5.16 Å². The predicted octanol–water partition coefficient (Wildman–Crippen LogP) is 1.92. The molecule has 0 spiro atoms. The molecule has 1 aliphatic rings.